The molecule has 0 spiro atoms. The molecule has 0 aromatic heterocycles. The first kappa shape index (κ1) is 13.4. The highest BCUT2D eigenvalue weighted by Gasteiger charge is 2.24. The average molecular weight is 248 g/mol. The van der Waals surface area contributed by atoms with Gasteiger partial charge in [0.2, 0.25) is 0 Å². The lowest BCUT2D eigenvalue weighted by Crippen LogP contribution is -2.47. The predicted octanol–water partition coefficient (Wildman–Crippen LogP) is 2.19. The SMILES string of the molecule is CCc1ccc(N2CC(C)OC(CCN)C2)cc1. The number of nitrogens with two attached hydrogens (primary N) is 1. The summed E-state index contributed by atoms with van der Waals surface area (Å²) in [4.78, 5) is 2.41. The van der Waals surface area contributed by atoms with Gasteiger partial charge in [0.25, 0.3) is 0 Å². The van der Waals surface area contributed by atoms with Crippen molar-refractivity contribution in [1.29, 1.82) is 0 Å². The quantitative estimate of drug-likeness (QED) is 0.887. The Labute approximate surface area is 110 Å². The molecule has 1 saturated heterocycles. The monoisotopic (exact) mass is 248 g/mol. The van der Waals surface area contributed by atoms with Gasteiger partial charge in [-0.25, -0.2) is 0 Å². The molecule has 0 bridgehead atoms. The van der Waals surface area contributed by atoms with E-state index in [1.165, 1.54) is 11.3 Å². The van der Waals surface area contributed by atoms with Gasteiger partial charge in [0.1, 0.15) is 0 Å². The second-order valence-corrected chi connectivity index (χ2v) is 5.07. The summed E-state index contributed by atoms with van der Waals surface area (Å²) in [6, 6.07) is 8.87. The molecule has 2 atom stereocenters. The molecule has 0 saturated carbocycles. The van der Waals surface area contributed by atoms with Crippen LogP contribution in [0.5, 0.6) is 0 Å². The minimum absolute atomic E-state index is 0.268. The number of morpholine rings is 1. The molecule has 1 aliphatic heterocycles. The number of hydrogen-bond donors (Lipinski definition) is 1. The van der Waals surface area contributed by atoms with Crippen LogP contribution in [0.1, 0.15) is 25.8 Å². The Kier molecular flexibility index (Phi) is 4.61. The smallest absolute Gasteiger partial charge is 0.0766 e. The standard InChI is InChI=1S/C15H24N2O/c1-3-13-4-6-14(7-5-13)17-10-12(2)18-15(11-17)8-9-16/h4-7,12,15H,3,8-11,16H2,1-2H3. The molecule has 1 fully saturated rings. The van der Waals surface area contributed by atoms with Gasteiger partial charge < -0.3 is 15.4 Å². The fourth-order valence-corrected chi connectivity index (χ4v) is 2.54. The maximum Gasteiger partial charge on any atom is 0.0766 e. The zero-order valence-corrected chi connectivity index (χ0v) is 11.4. The Bertz CT molecular complexity index is 363. The summed E-state index contributed by atoms with van der Waals surface area (Å²) in [5, 5.41) is 0. The van der Waals surface area contributed by atoms with E-state index in [0.717, 1.165) is 25.9 Å². The summed E-state index contributed by atoms with van der Waals surface area (Å²) in [6.45, 7) is 6.93. The number of anilines is 1. The van der Waals surface area contributed by atoms with Crippen LogP contribution in [-0.2, 0) is 11.2 Å². The maximum atomic E-state index is 5.90. The van der Waals surface area contributed by atoms with Crippen LogP contribution in [0.3, 0.4) is 0 Å². The van der Waals surface area contributed by atoms with Gasteiger partial charge in [0, 0.05) is 18.8 Å². The summed E-state index contributed by atoms with van der Waals surface area (Å²) in [7, 11) is 0. The molecule has 100 valence electrons. The van der Waals surface area contributed by atoms with Gasteiger partial charge in [0.15, 0.2) is 0 Å². The molecule has 0 amide bonds. The molecule has 1 heterocycles. The van der Waals surface area contributed by atoms with Crippen molar-refractivity contribution in [2.24, 2.45) is 5.73 Å². The van der Waals surface area contributed by atoms with Gasteiger partial charge in [-0.05, 0) is 44.0 Å². The third-order valence-electron chi connectivity index (χ3n) is 3.52. The lowest BCUT2D eigenvalue weighted by atomic mass is 10.1. The lowest BCUT2D eigenvalue weighted by molar-refractivity contribution is -0.0183. The third-order valence-corrected chi connectivity index (χ3v) is 3.52. The summed E-state index contributed by atoms with van der Waals surface area (Å²) >= 11 is 0. The number of aryl methyl sites for hydroxylation is 1. The van der Waals surface area contributed by atoms with Gasteiger partial charge in [-0.3, -0.25) is 0 Å². The highest BCUT2D eigenvalue weighted by atomic mass is 16.5. The molecular weight excluding hydrogens is 224 g/mol. The highest BCUT2D eigenvalue weighted by Crippen LogP contribution is 2.22. The van der Waals surface area contributed by atoms with Gasteiger partial charge >= 0.3 is 0 Å². The van der Waals surface area contributed by atoms with Gasteiger partial charge in [-0.1, -0.05) is 19.1 Å². The molecule has 1 aliphatic rings. The normalized spacial score (nSPS) is 24.3. The minimum Gasteiger partial charge on any atom is -0.372 e. The topological polar surface area (TPSA) is 38.5 Å². The average Bonchev–Trinajstić information content (AvgIpc) is 2.38. The van der Waals surface area contributed by atoms with Crippen LogP contribution < -0.4 is 10.6 Å². The van der Waals surface area contributed by atoms with Gasteiger partial charge in [-0.15, -0.1) is 0 Å². The largest absolute Gasteiger partial charge is 0.372 e. The van der Waals surface area contributed by atoms with E-state index in [-0.39, 0.29) is 12.2 Å². The molecule has 3 nitrogen and oxygen atoms in total. The van der Waals surface area contributed by atoms with Crippen LogP contribution in [0, 0.1) is 0 Å². The van der Waals surface area contributed by atoms with Gasteiger partial charge in [-0.2, -0.15) is 0 Å². The van der Waals surface area contributed by atoms with E-state index < -0.39 is 0 Å². The summed E-state index contributed by atoms with van der Waals surface area (Å²) < 4.78 is 5.90. The highest BCUT2D eigenvalue weighted by molar-refractivity contribution is 5.48. The summed E-state index contributed by atoms with van der Waals surface area (Å²) in [5.74, 6) is 0. The van der Waals surface area contributed by atoms with Crippen LogP contribution >= 0.6 is 0 Å². The fraction of sp³-hybridized carbons (Fsp3) is 0.600. The van der Waals surface area contributed by atoms with E-state index in [1.807, 2.05) is 0 Å². The van der Waals surface area contributed by atoms with E-state index in [9.17, 15) is 0 Å². The Hall–Kier alpha value is -1.06. The van der Waals surface area contributed by atoms with E-state index in [4.69, 9.17) is 10.5 Å². The van der Waals surface area contributed by atoms with Crippen molar-refractivity contribution in [1.82, 2.24) is 0 Å². The van der Waals surface area contributed by atoms with E-state index in [1.54, 1.807) is 0 Å². The molecule has 0 radical (unpaired) electrons. The zero-order chi connectivity index (χ0) is 13.0. The maximum absolute atomic E-state index is 5.90. The zero-order valence-electron chi connectivity index (χ0n) is 11.4. The van der Waals surface area contributed by atoms with E-state index in [0.29, 0.717) is 6.54 Å². The molecule has 1 aromatic rings. The van der Waals surface area contributed by atoms with Crippen molar-refractivity contribution in [3.05, 3.63) is 29.8 Å². The minimum atomic E-state index is 0.268. The van der Waals surface area contributed by atoms with Crippen LogP contribution in [0.2, 0.25) is 0 Å². The van der Waals surface area contributed by atoms with Crippen molar-refractivity contribution >= 4 is 5.69 Å². The Morgan fingerprint density at radius 3 is 2.61 bits per heavy atom. The molecule has 0 aliphatic carbocycles. The Morgan fingerprint density at radius 2 is 2.00 bits per heavy atom. The fourth-order valence-electron chi connectivity index (χ4n) is 2.54. The lowest BCUT2D eigenvalue weighted by Gasteiger charge is -2.38. The molecular formula is C15H24N2O. The molecule has 2 unspecified atom stereocenters. The molecule has 2 rings (SSSR count). The number of rotatable bonds is 4. The summed E-state index contributed by atoms with van der Waals surface area (Å²) in [5.41, 5.74) is 8.31. The Balaban J connectivity index is 2.06. The van der Waals surface area contributed by atoms with Crippen molar-refractivity contribution < 1.29 is 4.74 Å². The second kappa shape index (κ2) is 6.21. The van der Waals surface area contributed by atoms with Crippen molar-refractivity contribution in [2.45, 2.75) is 38.9 Å². The van der Waals surface area contributed by atoms with Crippen LogP contribution in [0.4, 0.5) is 5.69 Å². The number of hydrogen-bond acceptors (Lipinski definition) is 3. The molecule has 2 N–H and O–H groups in total. The third kappa shape index (κ3) is 3.24. The first-order chi connectivity index (χ1) is 8.72. The van der Waals surface area contributed by atoms with Crippen molar-refractivity contribution in [2.75, 3.05) is 24.5 Å². The Morgan fingerprint density at radius 1 is 1.28 bits per heavy atom. The first-order valence-electron chi connectivity index (χ1n) is 6.92. The number of nitrogens with zero attached hydrogens (tertiary/aromatic N) is 1. The van der Waals surface area contributed by atoms with Crippen molar-refractivity contribution in [3.63, 3.8) is 0 Å². The molecule has 1 aromatic carbocycles. The molecule has 18 heavy (non-hydrogen) atoms. The van der Waals surface area contributed by atoms with Crippen molar-refractivity contribution in [3.8, 4) is 0 Å². The summed E-state index contributed by atoms with van der Waals surface area (Å²) in [6.07, 6.45) is 2.58. The van der Waals surface area contributed by atoms with Crippen LogP contribution in [0.15, 0.2) is 24.3 Å². The number of benzene rings is 1. The van der Waals surface area contributed by atoms with Crippen LogP contribution in [0.25, 0.3) is 0 Å². The van der Waals surface area contributed by atoms with Crippen LogP contribution in [-0.4, -0.2) is 31.8 Å². The van der Waals surface area contributed by atoms with Gasteiger partial charge in [0.05, 0.1) is 12.2 Å². The first-order valence-corrected chi connectivity index (χ1v) is 6.92. The second-order valence-electron chi connectivity index (χ2n) is 5.07. The predicted molar refractivity (Wildman–Crippen MR) is 76.0 cm³/mol. The van der Waals surface area contributed by atoms with E-state index >= 15 is 0 Å². The number of ether oxygens (including phenoxy) is 1. The van der Waals surface area contributed by atoms with E-state index in [2.05, 4.69) is 43.0 Å². The molecule has 3 heteroatoms.